The minimum absolute atomic E-state index is 0.00279. The summed E-state index contributed by atoms with van der Waals surface area (Å²) in [6.45, 7) is 3.00. The highest BCUT2D eigenvalue weighted by molar-refractivity contribution is 5.94. The zero-order valence-corrected chi connectivity index (χ0v) is 14.5. The summed E-state index contributed by atoms with van der Waals surface area (Å²) in [4.78, 5) is 18.6. The Morgan fingerprint density at radius 1 is 1.31 bits per heavy atom. The van der Waals surface area contributed by atoms with E-state index in [2.05, 4.69) is 20.5 Å². The molecule has 0 spiro atoms. The lowest BCUT2D eigenvalue weighted by atomic mass is 10.2. The molecule has 0 aliphatic carbocycles. The van der Waals surface area contributed by atoms with Gasteiger partial charge in [-0.1, -0.05) is 10.4 Å². The van der Waals surface area contributed by atoms with Crippen molar-refractivity contribution in [1.29, 1.82) is 0 Å². The number of benzene rings is 1. The highest BCUT2D eigenvalue weighted by atomic mass is 16.5. The molecule has 9 heteroatoms. The maximum atomic E-state index is 12.7. The maximum absolute atomic E-state index is 12.7. The molecule has 0 N–H and O–H groups in total. The molecule has 0 radical (unpaired) electrons. The fourth-order valence-electron chi connectivity index (χ4n) is 3.01. The van der Waals surface area contributed by atoms with Gasteiger partial charge in [-0.3, -0.25) is 4.79 Å². The number of ether oxygens (including phenoxy) is 1. The SMILES string of the molecule is COc1ccc(C(=O)N2CC[C@@H](n3cc(-c4nc(C)no4)nn3)C2)cc1. The molecule has 9 nitrogen and oxygen atoms in total. The Labute approximate surface area is 149 Å². The second-order valence-electron chi connectivity index (χ2n) is 6.15. The van der Waals surface area contributed by atoms with Gasteiger partial charge in [0.1, 0.15) is 5.75 Å². The third kappa shape index (κ3) is 3.03. The van der Waals surface area contributed by atoms with Crippen LogP contribution >= 0.6 is 0 Å². The molecule has 1 amide bonds. The average Bonchev–Trinajstić information content (AvgIpc) is 3.40. The van der Waals surface area contributed by atoms with Crippen molar-refractivity contribution in [2.24, 2.45) is 0 Å². The van der Waals surface area contributed by atoms with Crippen LogP contribution in [0.4, 0.5) is 0 Å². The molecule has 0 unspecified atom stereocenters. The van der Waals surface area contributed by atoms with Crippen molar-refractivity contribution in [3.63, 3.8) is 0 Å². The zero-order valence-electron chi connectivity index (χ0n) is 14.5. The Morgan fingerprint density at radius 2 is 2.12 bits per heavy atom. The van der Waals surface area contributed by atoms with Crippen LogP contribution in [-0.2, 0) is 0 Å². The smallest absolute Gasteiger partial charge is 0.280 e. The predicted octanol–water partition coefficient (Wildman–Crippen LogP) is 1.73. The highest BCUT2D eigenvalue weighted by Gasteiger charge is 2.29. The van der Waals surface area contributed by atoms with Crippen molar-refractivity contribution in [2.75, 3.05) is 20.2 Å². The molecule has 0 saturated carbocycles. The molecular weight excluding hydrogens is 336 g/mol. The van der Waals surface area contributed by atoms with Gasteiger partial charge >= 0.3 is 0 Å². The van der Waals surface area contributed by atoms with Crippen LogP contribution in [-0.4, -0.2) is 56.1 Å². The van der Waals surface area contributed by atoms with Crippen molar-refractivity contribution in [3.8, 4) is 17.3 Å². The molecule has 1 fully saturated rings. The summed E-state index contributed by atoms with van der Waals surface area (Å²) in [5, 5.41) is 12.0. The van der Waals surface area contributed by atoms with Crippen LogP contribution < -0.4 is 4.74 Å². The fourth-order valence-corrected chi connectivity index (χ4v) is 3.01. The molecule has 3 heterocycles. The van der Waals surface area contributed by atoms with Gasteiger partial charge in [-0.15, -0.1) is 5.10 Å². The zero-order chi connectivity index (χ0) is 18.1. The number of methoxy groups -OCH3 is 1. The molecule has 3 aromatic rings. The van der Waals surface area contributed by atoms with Crippen LogP contribution in [0, 0.1) is 6.92 Å². The topological polar surface area (TPSA) is 99.2 Å². The van der Waals surface area contributed by atoms with Gasteiger partial charge in [0, 0.05) is 18.7 Å². The monoisotopic (exact) mass is 354 g/mol. The second-order valence-corrected chi connectivity index (χ2v) is 6.15. The Morgan fingerprint density at radius 3 is 2.81 bits per heavy atom. The number of carbonyl (C=O) groups excluding carboxylic acids is 1. The summed E-state index contributed by atoms with van der Waals surface area (Å²) in [7, 11) is 1.60. The first-order valence-corrected chi connectivity index (χ1v) is 8.30. The molecule has 1 saturated heterocycles. The van der Waals surface area contributed by atoms with Crippen LogP contribution in [0.3, 0.4) is 0 Å². The number of rotatable bonds is 4. The van der Waals surface area contributed by atoms with E-state index in [-0.39, 0.29) is 11.9 Å². The third-order valence-corrected chi connectivity index (χ3v) is 4.42. The minimum atomic E-state index is 0.00279. The molecule has 1 aliphatic rings. The van der Waals surface area contributed by atoms with Gasteiger partial charge in [0.05, 0.1) is 19.3 Å². The molecular formula is C17H18N6O3. The van der Waals surface area contributed by atoms with Crippen molar-refractivity contribution >= 4 is 5.91 Å². The van der Waals surface area contributed by atoms with E-state index in [0.717, 1.165) is 12.2 Å². The van der Waals surface area contributed by atoms with Crippen molar-refractivity contribution in [2.45, 2.75) is 19.4 Å². The van der Waals surface area contributed by atoms with Gasteiger partial charge in [-0.2, -0.15) is 4.98 Å². The number of carbonyl (C=O) groups is 1. The average molecular weight is 354 g/mol. The summed E-state index contributed by atoms with van der Waals surface area (Å²) in [6, 6.07) is 7.20. The van der Waals surface area contributed by atoms with Crippen LogP contribution in [0.5, 0.6) is 5.75 Å². The van der Waals surface area contributed by atoms with Crippen LogP contribution in [0.25, 0.3) is 11.6 Å². The lowest BCUT2D eigenvalue weighted by Gasteiger charge is -2.16. The van der Waals surface area contributed by atoms with Gasteiger partial charge in [-0.05, 0) is 37.6 Å². The van der Waals surface area contributed by atoms with Crippen molar-refractivity contribution in [1.82, 2.24) is 30.0 Å². The Balaban J connectivity index is 1.44. The first kappa shape index (κ1) is 16.2. The molecule has 134 valence electrons. The molecule has 26 heavy (non-hydrogen) atoms. The standard InChI is InChI=1S/C17H18N6O3/c1-11-18-16(26-20-11)15-10-23(21-19-15)13-7-8-22(9-13)17(24)12-3-5-14(25-2)6-4-12/h3-6,10,13H,7-9H2,1-2H3/t13-/m1/s1. The molecule has 1 atom stereocenters. The fraction of sp³-hybridized carbons (Fsp3) is 0.353. The van der Waals surface area contributed by atoms with Crippen LogP contribution in [0.15, 0.2) is 35.0 Å². The first-order chi connectivity index (χ1) is 12.6. The summed E-state index contributed by atoms with van der Waals surface area (Å²) in [6.07, 6.45) is 2.59. The summed E-state index contributed by atoms with van der Waals surface area (Å²) >= 11 is 0. The lowest BCUT2D eigenvalue weighted by molar-refractivity contribution is 0.0787. The van der Waals surface area contributed by atoms with E-state index in [4.69, 9.17) is 9.26 Å². The molecule has 2 aromatic heterocycles. The summed E-state index contributed by atoms with van der Waals surface area (Å²) in [5.74, 6) is 1.62. The molecule has 0 bridgehead atoms. The van der Waals surface area contributed by atoms with Gasteiger partial charge in [0.15, 0.2) is 11.5 Å². The van der Waals surface area contributed by atoms with E-state index in [1.165, 1.54) is 0 Å². The molecule has 1 aromatic carbocycles. The second kappa shape index (κ2) is 6.58. The van der Waals surface area contributed by atoms with Gasteiger partial charge in [0.2, 0.25) is 0 Å². The predicted molar refractivity (Wildman–Crippen MR) is 90.6 cm³/mol. The van der Waals surface area contributed by atoms with Gasteiger partial charge < -0.3 is 14.2 Å². The van der Waals surface area contributed by atoms with E-state index in [1.54, 1.807) is 49.2 Å². The number of aryl methyl sites for hydroxylation is 1. The van der Waals surface area contributed by atoms with E-state index in [1.807, 2.05) is 4.90 Å². The van der Waals surface area contributed by atoms with E-state index in [0.29, 0.717) is 36.1 Å². The van der Waals surface area contributed by atoms with Gasteiger partial charge in [-0.25, -0.2) is 4.68 Å². The quantitative estimate of drug-likeness (QED) is 0.703. The number of aromatic nitrogens is 5. The first-order valence-electron chi connectivity index (χ1n) is 8.30. The Kier molecular flexibility index (Phi) is 4.11. The number of likely N-dealkylation sites (tertiary alicyclic amines) is 1. The minimum Gasteiger partial charge on any atom is -0.497 e. The third-order valence-electron chi connectivity index (χ3n) is 4.42. The van der Waals surface area contributed by atoms with E-state index < -0.39 is 0 Å². The summed E-state index contributed by atoms with van der Waals surface area (Å²) in [5.41, 5.74) is 1.18. The van der Waals surface area contributed by atoms with Gasteiger partial charge in [0.25, 0.3) is 11.8 Å². The Hall–Kier alpha value is -3.23. The Bertz CT molecular complexity index is 917. The van der Waals surface area contributed by atoms with Crippen molar-refractivity contribution in [3.05, 3.63) is 41.9 Å². The van der Waals surface area contributed by atoms with E-state index in [9.17, 15) is 4.79 Å². The lowest BCUT2D eigenvalue weighted by Crippen LogP contribution is -2.29. The highest BCUT2D eigenvalue weighted by Crippen LogP contribution is 2.24. The maximum Gasteiger partial charge on any atom is 0.280 e. The largest absolute Gasteiger partial charge is 0.497 e. The number of nitrogens with zero attached hydrogens (tertiary/aromatic N) is 6. The number of hydrogen-bond acceptors (Lipinski definition) is 7. The molecule has 4 rings (SSSR count). The van der Waals surface area contributed by atoms with Crippen molar-refractivity contribution < 1.29 is 14.1 Å². The summed E-state index contributed by atoms with van der Waals surface area (Å²) < 4.78 is 12.0. The van der Waals surface area contributed by atoms with Crippen LogP contribution in [0.1, 0.15) is 28.6 Å². The number of hydrogen-bond donors (Lipinski definition) is 0. The normalized spacial score (nSPS) is 16.8. The van der Waals surface area contributed by atoms with Crippen LogP contribution in [0.2, 0.25) is 0 Å². The number of amides is 1. The van der Waals surface area contributed by atoms with E-state index >= 15 is 0 Å². The molecule has 1 aliphatic heterocycles.